The third-order valence-electron chi connectivity index (χ3n) is 2.49. The number of hydrogen-bond donors (Lipinski definition) is 0. The van der Waals surface area contributed by atoms with Gasteiger partial charge in [0.05, 0.1) is 0 Å². The van der Waals surface area contributed by atoms with E-state index in [1.54, 1.807) is 0 Å². The summed E-state index contributed by atoms with van der Waals surface area (Å²) in [5.41, 5.74) is 2.65. The Morgan fingerprint density at radius 2 is 1.87 bits per heavy atom. The van der Waals surface area contributed by atoms with Crippen molar-refractivity contribution in [1.29, 1.82) is 0 Å². The van der Waals surface area contributed by atoms with E-state index < -0.39 is 0 Å². The number of hydrogen-bond acceptors (Lipinski definition) is 1. The maximum Gasteiger partial charge on any atom is 0.0349 e. The number of rotatable bonds is 2. The molecule has 2 aromatic rings. The maximum atomic E-state index is 2.20. The molecule has 0 amide bonds. The first-order valence-corrected chi connectivity index (χ1v) is 5.91. The molecular weight excluding hydrogens is 200 g/mol. The predicted molar refractivity (Wildman–Crippen MR) is 71.2 cm³/mol. The molecule has 0 radical (unpaired) electrons. The van der Waals surface area contributed by atoms with Crippen molar-refractivity contribution in [3.63, 3.8) is 0 Å². The first-order chi connectivity index (χ1) is 7.31. The molecule has 1 aromatic heterocycles. The van der Waals surface area contributed by atoms with Crippen LogP contribution in [0.4, 0.5) is 0 Å². The Bertz CT molecular complexity index is 468. The van der Waals surface area contributed by atoms with E-state index in [1.165, 1.54) is 20.9 Å². The van der Waals surface area contributed by atoms with Crippen LogP contribution < -0.4 is 0 Å². The highest BCUT2D eigenvalue weighted by molar-refractivity contribution is 7.16. The van der Waals surface area contributed by atoms with Crippen LogP contribution in [0.3, 0.4) is 0 Å². The van der Waals surface area contributed by atoms with Crippen LogP contribution in [0.15, 0.2) is 48.5 Å². The molecule has 0 saturated carbocycles. The van der Waals surface area contributed by atoms with Gasteiger partial charge in [0.1, 0.15) is 0 Å². The average molecular weight is 216 g/mol. The van der Waals surface area contributed by atoms with E-state index >= 15 is 0 Å². The van der Waals surface area contributed by atoms with Gasteiger partial charge in [0.25, 0.3) is 0 Å². The fourth-order valence-electron chi connectivity index (χ4n) is 1.45. The van der Waals surface area contributed by atoms with Crippen molar-refractivity contribution in [1.82, 2.24) is 0 Å². The molecule has 0 aliphatic carbocycles. The van der Waals surface area contributed by atoms with Crippen molar-refractivity contribution in [2.75, 3.05) is 0 Å². The first-order valence-electron chi connectivity index (χ1n) is 5.10. The minimum atomic E-state index is 0. The van der Waals surface area contributed by atoms with Crippen LogP contribution >= 0.6 is 11.3 Å². The Morgan fingerprint density at radius 3 is 2.53 bits per heavy atom. The van der Waals surface area contributed by atoms with Crippen LogP contribution in [0, 0.1) is 0 Å². The number of thiophene rings is 1. The van der Waals surface area contributed by atoms with Crippen LogP contribution in [0.2, 0.25) is 0 Å². The van der Waals surface area contributed by atoms with Crippen LogP contribution in [-0.2, 0) is 0 Å². The summed E-state index contributed by atoms with van der Waals surface area (Å²) in [6.45, 7) is 4.23. The van der Waals surface area contributed by atoms with E-state index in [2.05, 4.69) is 62.4 Å². The molecular formula is C14H16S. The summed E-state index contributed by atoms with van der Waals surface area (Å²) in [5.74, 6) is 0. The van der Waals surface area contributed by atoms with Gasteiger partial charge in [0.2, 0.25) is 0 Å². The summed E-state index contributed by atoms with van der Waals surface area (Å²) in [4.78, 5) is 2.70. The summed E-state index contributed by atoms with van der Waals surface area (Å²) in [6.07, 6.45) is 2.15. The average Bonchev–Trinajstić information content (AvgIpc) is 2.78. The minimum absolute atomic E-state index is 0. The summed E-state index contributed by atoms with van der Waals surface area (Å²) in [6, 6.07) is 14.9. The molecule has 1 aromatic carbocycles. The molecule has 0 N–H and O–H groups in total. The lowest BCUT2D eigenvalue weighted by Gasteiger charge is -1.96. The van der Waals surface area contributed by atoms with Crippen molar-refractivity contribution >= 4 is 16.9 Å². The monoisotopic (exact) mass is 216 g/mol. The van der Waals surface area contributed by atoms with Crippen molar-refractivity contribution in [2.24, 2.45) is 0 Å². The molecule has 0 nitrogen and oxygen atoms in total. The van der Waals surface area contributed by atoms with E-state index in [-0.39, 0.29) is 1.43 Å². The third kappa shape index (κ3) is 2.18. The second kappa shape index (κ2) is 4.45. The molecule has 0 aliphatic rings. The van der Waals surface area contributed by atoms with Gasteiger partial charge in [-0.1, -0.05) is 36.4 Å². The van der Waals surface area contributed by atoms with Crippen LogP contribution in [0.1, 0.15) is 20.2 Å². The maximum absolute atomic E-state index is 2.20. The van der Waals surface area contributed by atoms with E-state index in [0.29, 0.717) is 0 Å². The van der Waals surface area contributed by atoms with Crippen LogP contribution in [0.5, 0.6) is 0 Å². The Balaban J connectivity index is 0.00000128. The largest absolute Gasteiger partial charge is 0.136 e. The zero-order valence-electron chi connectivity index (χ0n) is 9.03. The van der Waals surface area contributed by atoms with Crippen molar-refractivity contribution in [2.45, 2.75) is 13.8 Å². The van der Waals surface area contributed by atoms with Crippen molar-refractivity contribution < 1.29 is 1.43 Å². The fraction of sp³-hybridized carbons (Fsp3) is 0.143. The highest BCUT2D eigenvalue weighted by Crippen LogP contribution is 2.31. The SMILES string of the molecule is C/C=C(/C)c1ccc(-c2ccccc2)s1.[HH]. The van der Waals surface area contributed by atoms with Gasteiger partial charge in [-0.2, -0.15) is 0 Å². The van der Waals surface area contributed by atoms with Crippen LogP contribution in [0.25, 0.3) is 16.0 Å². The van der Waals surface area contributed by atoms with Gasteiger partial charge in [0, 0.05) is 11.2 Å². The molecule has 0 unspecified atom stereocenters. The Morgan fingerprint density at radius 1 is 1.13 bits per heavy atom. The molecule has 0 fully saturated rings. The molecule has 0 aliphatic heterocycles. The molecule has 15 heavy (non-hydrogen) atoms. The van der Waals surface area contributed by atoms with Crippen LogP contribution in [-0.4, -0.2) is 0 Å². The quantitative estimate of drug-likeness (QED) is 0.656. The second-order valence-corrected chi connectivity index (χ2v) is 4.59. The van der Waals surface area contributed by atoms with Crippen molar-refractivity contribution in [3.8, 4) is 10.4 Å². The molecule has 0 saturated heterocycles. The van der Waals surface area contributed by atoms with Gasteiger partial charge in [-0.05, 0) is 37.1 Å². The topological polar surface area (TPSA) is 0 Å². The Hall–Kier alpha value is -1.34. The van der Waals surface area contributed by atoms with E-state index in [1.807, 2.05) is 11.3 Å². The van der Waals surface area contributed by atoms with E-state index in [9.17, 15) is 0 Å². The van der Waals surface area contributed by atoms with Gasteiger partial charge in [-0.15, -0.1) is 11.3 Å². The fourth-order valence-corrected chi connectivity index (χ4v) is 2.49. The lowest BCUT2D eigenvalue weighted by atomic mass is 10.2. The lowest BCUT2D eigenvalue weighted by molar-refractivity contribution is 1.64. The van der Waals surface area contributed by atoms with E-state index in [0.717, 1.165) is 0 Å². The number of benzene rings is 1. The summed E-state index contributed by atoms with van der Waals surface area (Å²) >= 11 is 1.85. The molecule has 0 atom stereocenters. The van der Waals surface area contributed by atoms with Gasteiger partial charge in [-0.3, -0.25) is 0 Å². The zero-order chi connectivity index (χ0) is 10.7. The second-order valence-electron chi connectivity index (χ2n) is 3.50. The number of allylic oxidation sites excluding steroid dienone is 2. The van der Waals surface area contributed by atoms with Crippen molar-refractivity contribution in [3.05, 3.63) is 53.4 Å². The summed E-state index contributed by atoms with van der Waals surface area (Å²) in [5, 5.41) is 0. The predicted octanol–water partition coefficient (Wildman–Crippen LogP) is 5.08. The van der Waals surface area contributed by atoms with Gasteiger partial charge >= 0.3 is 0 Å². The molecule has 1 heterocycles. The summed E-state index contributed by atoms with van der Waals surface area (Å²) in [7, 11) is 0. The highest BCUT2D eigenvalue weighted by atomic mass is 32.1. The normalized spacial score (nSPS) is 11.7. The molecule has 2 rings (SSSR count). The first kappa shape index (κ1) is 10.2. The Labute approximate surface area is 96.4 Å². The Kier molecular flexibility index (Phi) is 3.02. The third-order valence-corrected chi connectivity index (χ3v) is 3.76. The van der Waals surface area contributed by atoms with E-state index in [4.69, 9.17) is 0 Å². The highest BCUT2D eigenvalue weighted by Gasteiger charge is 2.02. The molecule has 78 valence electrons. The van der Waals surface area contributed by atoms with Gasteiger partial charge in [-0.25, -0.2) is 0 Å². The standard InChI is InChI=1S/C14H14S.H2/c1-3-11(2)13-9-10-14(15-13)12-7-5-4-6-8-12;/h3-10H,1-2H3;1H/b11-3-;. The zero-order valence-corrected chi connectivity index (χ0v) is 9.84. The smallest absolute Gasteiger partial charge is 0.0349 e. The van der Waals surface area contributed by atoms with Gasteiger partial charge in [0.15, 0.2) is 0 Å². The minimum Gasteiger partial charge on any atom is -0.136 e. The molecule has 1 heteroatoms. The van der Waals surface area contributed by atoms with Gasteiger partial charge < -0.3 is 0 Å². The molecule has 0 bridgehead atoms. The lowest BCUT2D eigenvalue weighted by Crippen LogP contribution is -1.68. The summed E-state index contributed by atoms with van der Waals surface area (Å²) < 4.78 is 0. The molecule has 0 spiro atoms.